The van der Waals surface area contributed by atoms with Crippen LogP contribution in [0.4, 0.5) is 0 Å². The van der Waals surface area contributed by atoms with Gasteiger partial charge in [0.25, 0.3) is 0 Å². The van der Waals surface area contributed by atoms with E-state index in [1.54, 1.807) is 0 Å². The first kappa shape index (κ1) is 15.8. The van der Waals surface area contributed by atoms with Crippen molar-refractivity contribution >= 4 is 0 Å². The predicted octanol–water partition coefficient (Wildman–Crippen LogP) is 4.67. The van der Waals surface area contributed by atoms with E-state index in [2.05, 4.69) is 19.2 Å². The van der Waals surface area contributed by atoms with Crippen molar-refractivity contribution < 1.29 is 4.74 Å². The molecule has 3 atom stereocenters. The zero-order valence-electron chi connectivity index (χ0n) is 14.2. The van der Waals surface area contributed by atoms with E-state index in [4.69, 9.17) is 4.74 Å². The Balaban J connectivity index is 1.60. The molecule has 2 nitrogen and oxygen atoms in total. The van der Waals surface area contributed by atoms with Crippen molar-refractivity contribution in [1.82, 2.24) is 5.32 Å². The van der Waals surface area contributed by atoms with Crippen molar-refractivity contribution in [2.75, 3.05) is 6.61 Å². The molecule has 21 heavy (non-hydrogen) atoms. The molecule has 3 unspecified atom stereocenters. The average molecular weight is 293 g/mol. The van der Waals surface area contributed by atoms with Crippen LogP contribution in [0.2, 0.25) is 0 Å². The van der Waals surface area contributed by atoms with E-state index in [0.717, 1.165) is 24.6 Å². The number of hydrogen-bond acceptors (Lipinski definition) is 2. The molecule has 0 aromatic heterocycles. The summed E-state index contributed by atoms with van der Waals surface area (Å²) >= 11 is 0. The number of ether oxygens (including phenoxy) is 1. The summed E-state index contributed by atoms with van der Waals surface area (Å²) in [4.78, 5) is 0. The van der Waals surface area contributed by atoms with Gasteiger partial charge >= 0.3 is 0 Å². The molecule has 122 valence electrons. The lowest BCUT2D eigenvalue weighted by molar-refractivity contribution is -0.134. The van der Waals surface area contributed by atoms with E-state index in [0.29, 0.717) is 11.5 Å². The second-order valence-corrected chi connectivity index (χ2v) is 7.75. The van der Waals surface area contributed by atoms with Crippen LogP contribution < -0.4 is 5.32 Å². The SMILES string of the molecule is CCOC1CC(NC(CC)C2CCCCC2)C12CCCC2. The van der Waals surface area contributed by atoms with Gasteiger partial charge in [0.15, 0.2) is 0 Å². The molecule has 0 amide bonds. The van der Waals surface area contributed by atoms with Gasteiger partial charge < -0.3 is 10.1 Å². The Morgan fingerprint density at radius 3 is 2.38 bits per heavy atom. The Labute approximate surface area is 131 Å². The first-order valence-electron chi connectivity index (χ1n) is 9.67. The van der Waals surface area contributed by atoms with Crippen LogP contribution in [0.3, 0.4) is 0 Å². The summed E-state index contributed by atoms with van der Waals surface area (Å²) in [7, 11) is 0. The van der Waals surface area contributed by atoms with Gasteiger partial charge in [0, 0.05) is 24.1 Å². The van der Waals surface area contributed by atoms with E-state index in [1.165, 1.54) is 70.6 Å². The second-order valence-electron chi connectivity index (χ2n) is 7.75. The molecule has 0 aliphatic heterocycles. The Morgan fingerprint density at radius 2 is 1.76 bits per heavy atom. The summed E-state index contributed by atoms with van der Waals surface area (Å²) in [5.74, 6) is 0.938. The Morgan fingerprint density at radius 1 is 1.05 bits per heavy atom. The smallest absolute Gasteiger partial charge is 0.0661 e. The first-order valence-corrected chi connectivity index (χ1v) is 9.67. The zero-order valence-corrected chi connectivity index (χ0v) is 14.2. The van der Waals surface area contributed by atoms with E-state index < -0.39 is 0 Å². The molecular formula is C19H35NO. The normalized spacial score (nSPS) is 34.0. The second kappa shape index (κ2) is 7.00. The summed E-state index contributed by atoms with van der Waals surface area (Å²) in [6.45, 7) is 5.42. The summed E-state index contributed by atoms with van der Waals surface area (Å²) in [6, 6.07) is 1.50. The molecule has 3 aliphatic rings. The van der Waals surface area contributed by atoms with Crippen LogP contribution in [0.15, 0.2) is 0 Å². The highest BCUT2D eigenvalue weighted by Gasteiger charge is 2.56. The Kier molecular flexibility index (Phi) is 5.27. The van der Waals surface area contributed by atoms with Gasteiger partial charge in [-0.2, -0.15) is 0 Å². The highest BCUT2D eigenvalue weighted by atomic mass is 16.5. The molecule has 2 heteroatoms. The number of hydrogen-bond donors (Lipinski definition) is 1. The maximum Gasteiger partial charge on any atom is 0.0661 e. The van der Waals surface area contributed by atoms with Gasteiger partial charge in [-0.3, -0.25) is 0 Å². The van der Waals surface area contributed by atoms with Crippen LogP contribution >= 0.6 is 0 Å². The van der Waals surface area contributed by atoms with E-state index >= 15 is 0 Å². The third kappa shape index (κ3) is 3.03. The molecule has 0 heterocycles. The van der Waals surface area contributed by atoms with Gasteiger partial charge in [0.2, 0.25) is 0 Å². The predicted molar refractivity (Wildman–Crippen MR) is 88.5 cm³/mol. The molecule has 0 radical (unpaired) electrons. The van der Waals surface area contributed by atoms with E-state index in [9.17, 15) is 0 Å². The first-order chi connectivity index (χ1) is 10.3. The quantitative estimate of drug-likeness (QED) is 0.768. The van der Waals surface area contributed by atoms with E-state index in [-0.39, 0.29) is 0 Å². The monoisotopic (exact) mass is 293 g/mol. The third-order valence-electron chi connectivity index (χ3n) is 6.76. The molecule has 0 aromatic carbocycles. The summed E-state index contributed by atoms with van der Waals surface area (Å²) in [6.07, 6.45) is 16.0. The summed E-state index contributed by atoms with van der Waals surface area (Å²) in [5, 5.41) is 4.11. The summed E-state index contributed by atoms with van der Waals surface area (Å²) in [5.41, 5.74) is 0.498. The largest absolute Gasteiger partial charge is 0.378 e. The van der Waals surface area contributed by atoms with Crippen LogP contribution in [0.25, 0.3) is 0 Å². The maximum absolute atomic E-state index is 6.07. The van der Waals surface area contributed by atoms with Crippen LogP contribution in [0.1, 0.15) is 84.5 Å². The molecule has 1 spiro atoms. The van der Waals surface area contributed by atoms with E-state index in [1.807, 2.05) is 0 Å². The molecule has 0 saturated heterocycles. The Hall–Kier alpha value is -0.0800. The molecule has 3 fully saturated rings. The minimum absolute atomic E-state index is 0.498. The standard InChI is InChI=1S/C19H35NO/c1-3-16(15-10-6-5-7-11-15)20-17-14-18(21-4-2)19(17)12-8-9-13-19/h15-18,20H,3-14H2,1-2H3. The average Bonchev–Trinajstić information content (AvgIpc) is 3.04. The minimum atomic E-state index is 0.498. The van der Waals surface area contributed by atoms with Gasteiger partial charge in [-0.05, 0) is 51.4 Å². The lowest BCUT2D eigenvalue weighted by Crippen LogP contribution is -2.65. The van der Waals surface area contributed by atoms with Crippen LogP contribution in [-0.4, -0.2) is 24.8 Å². The van der Waals surface area contributed by atoms with Gasteiger partial charge in [0.1, 0.15) is 0 Å². The lowest BCUT2D eigenvalue weighted by Gasteiger charge is -2.55. The fourth-order valence-corrected chi connectivity index (χ4v) is 5.50. The minimum Gasteiger partial charge on any atom is -0.378 e. The lowest BCUT2D eigenvalue weighted by atomic mass is 9.60. The topological polar surface area (TPSA) is 21.3 Å². The zero-order chi connectivity index (χ0) is 14.7. The van der Waals surface area contributed by atoms with Crippen molar-refractivity contribution in [3.63, 3.8) is 0 Å². The molecule has 3 aliphatic carbocycles. The number of rotatable bonds is 6. The van der Waals surface area contributed by atoms with Crippen molar-refractivity contribution in [3.8, 4) is 0 Å². The van der Waals surface area contributed by atoms with Gasteiger partial charge in [-0.25, -0.2) is 0 Å². The van der Waals surface area contributed by atoms with Crippen LogP contribution in [0, 0.1) is 11.3 Å². The van der Waals surface area contributed by atoms with Crippen molar-refractivity contribution in [1.29, 1.82) is 0 Å². The van der Waals surface area contributed by atoms with Gasteiger partial charge in [-0.1, -0.05) is 39.0 Å². The molecule has 0 aromatic rings. The van der Waals surface area contributed by atoms with Crippen molar-refractivity contribution in [2.24, 2.45) is 11.3 Å². The Bertz CT molecular complexity index is 318. The van der Waals surface area contributed by atoms with Gasteiger partial charge in [-0.15, -0.1) is 0 Å². The van der Waals surface area contributed by atoms with Crippen LogP contribution in [0.5, 0.6) is 0 Å². The van der Waals surface area contributed by atoms with Crippen molar-refractivity contribution in [3.05, 3.63) is 0 Å². The van der Waals surface area contributed by atoms with Gasteiger partial charge in [0.05, 0.1) is 6.10 Å². The fraction of sp³-hybridized carbons (Fsp3) is 1.00. The molecule has 3 saturated carbocycles. The molecular weight excluding hydrogens is 258 g/mol. The number of nitrogens with one attached hydrogen (secondary N) is 1. The summed E-state index contributed by atoms with van der Waals surface area (Å²) < 4.78 is 6.07. The molecule has 3 rings (SSSR count). The third-order valence-corrected chi connectivity index (χ3v) is 6.76. The van der Waals surface area contributed by atoms with Crippen LogP contribution in [-0.2, 0) is 4.74 Å². The maximum atomic E-state index is 6.07. The van der Waals surface area contributed by atoms with Crippen molar-refractivity contribution in [2.45, 2.75) is 103 Å². The molecule has 0 bridgehead atoms. The molecule has 1 N–H and O–H groups in total. The highest BCUT2D eigenvalue weighted by Crippen LogP contribution is 2.55. The highest BCUT2D eigenvalue weighted by molar-refractivity contribution is 5.10. The fourth-order valence-electron chi connectivity index (χ4n) is 5.50.